The second-order valence-corrected chi connectivity index (χ2v) is 4.11. The number of terminal acetylenes is 1. The summed E-state index contributed by atoms with van der Waals surface area (Å²) in [7, 11) is 3.67. The molecule has 92 valence electrons. The van der Waals surface area contributed by atoms with E-state index < -0.39 is 0 Å². The second kappa shape index (κ2) is 6.26. The summed E-state index contributed by atoms with van der Waals surface area (Å²) in [6, 6.07) is -0.0894. The van der Waals surface area contributed by atoms with Crippen LogP contribution in [0.2, 0.25) is 5.28 Å². The number of anilines is 2. The van der Waals surface area contributed by atoms with Gasteiger partial charge >= 0.3 is 0 Å². The predicted octanol–water partition coefficient (Wildman–Crippen LogP) is 1.80. The maximum absolute atomic E-state index is 5.82. The predicted molar refractivity (Wildman–Crippen MR) is 70.3 cm³/mol. The van der Waals surface area contributed by atoms with E-state index in [9.17, 15) is 0 Å². The Kier molecular flexibility index (Phi) is 4.98. The smallest absolute Gasteiger partial charge is 0.230 e. The van der Waals surface area contributed by atoms with E-state index in [0.29, 0.717) is 11.9 Å². The molecule has 0 radical (unpaired) electrons. The maximum Gasteiger partial charge on any atom is 0.230 e. The van der Waals surface area contributed by atoms with Gasteiger partial charge in [0.2, 0.25) is 17.2 Å². The van der Waals surface area contributed by atoms with Crippen LogP contribution in [0.25, 0.3) is 0 Å². The Bertz CT molecular complexity index is 413. The van der Waals surface area contributed by atoms with E-state index in [-0.39, 0.29) is 11.3 Å². The van der Waals surface area contributed by atoms with Crippen LogP contribution in [-0.4, -0.2) is 35.1 Å². The van der Waals surface area contributed by atoms with Gasteiger partial charge in [-0.05, 0) is 18.0 Å². The van der Waals surface area contributed by atoms with Crippen LogP contribution in [0.15, 0.2) is 0 Å². The van der Waals surface area contributed by atoms with Gasteiger partial charge in [0.15, 0.2) is 0 Å². The summed E-state index contributed by atoms with van der Waals surface area (Å²) >= 11 is 5.82. The lowest BCUT2D eigenvalue weighted by molar-refractivity contribution is 0.746. The molecule has 1 unspecified atom stereocenters. The van der Waals surface area contributed by atoms with Gasteiger partial charge in [0.25, 0.3) is 0 Å². The van der Waals surface area contributed by atoms with Gasteiger partial charge in [0.05, 0.1) is 6.04 Å². The first-order valence-corrected chi connectivity index (χ1v) is 5.76. The monoisotopic (exact) mass is 253 g/mol. The summed E-state index contributed by atoms with van der Waals surface area (Å²) in [6.45, 7) is 2.07. The Labute approximate surface area is 107 Å². The zero-order chi connectivity index (χ0) is 12.8. The lowest BCUT2D eigenvalue weighted by Crippen LogP contribution is -2.21. The average molecular weight is 254 g/mol. The third-order valence-corrected chi connectivity index (χ3v) is 2.25. The molecule has 0 aromatic carbocycles. The fraction of sp³-hybridized carbons (Fsp3) is 0.545. The third-order valence-electron chi connectivity index (χ3n) is 2.08. The zero-order valence-electron chi connectivity index (χ0n) is 10.2. The van der Waals surface area contributed by atoms with Crippen LogP contribution in [0.3, 0.4) is 0 Å². The first-order valence-electron chi connectivity index (χ1n) is 5.38. The number of halogens is 1. The lowest BCUT2D eigenvalue weighted by Gasteiger charge is -2.14. The molecule has 1 rings (SSSR count). The van der Waals surface area contributed by atoms with E-state index in [2.05, 4.69) is 33.1 Å². The van der Waals surface area contributed by atoms with E-state index in [1.165, 1.54) is 0 Å². The fourth-order valence-corrected chi connectivity index (χ4v) is 1.40. The Balaban J connectivity index is 2.87. The van der Waals surface area contributed by atoms with Gasteiger partial charge in [-0.1, -0.05) is 19.3 Å². The van der Waals surface area contributed by atoms with Crippen molar-refractivity contribution in [3.05, 3.63) is 5.28 Å². The van der Waals surface area contributed by atoms with Gasteiger partial charge in [0.1, 0.15) is 0 Å². The second-order valence-electron chi connectivity index (χ2n) is 3.77. The Morgan fingerprint density at radius 3 is 2.65 bits per heavy atom. The Morgan fingerprint density at radius 2 is 2.12 bits per heavy atom. The molecule has 1 heterocycles. The molecule has 1 N–H and O–H groups in total. The van der Waals surface area contributed by atoms with Crippen LogP contribution in [0, 0.1) is 12.3 Å². The highest BCUT2D eigenvalue weighted by molar-refractivity contribution is 6.28. The molecule has 17 heavy (non-hydrogen) atoms. The number of hydrogen-bond donors (Lipinski definition) is 1. The zero-order valence-corrected chi connectivity index (χ0v) is 11.0. The number of hydrogen-bond acceptors (Lipinski definition) is 5. The summed E-state index contributed by atoms with van der Waals surface area (Å²) in [5, 5.41) is 3.21. The Morgan fingerprint density at radius 1 is 1.41 bits per heavy atom. The highest BCUT2D eigenvalue weighted by atomic mass is 35.5. The minimum Gasteiger partial charge on any atom is -0.347 e. The largest absolute Gasteiger partial charge is 0.347 e. The molecule has 5 nitrogen and oxygen atoms in total. The summed E-state index contributed by atoms with van der Waals surface area (Å²) in [4.78, 5) is 14.0. The van der Waals surface area contributed by atoms with Crippen LogP contribution in [0.4, 0.5) is 11.9 Å². The molecular formula is C11H16ClN5. The topological polar surface area (TPSA) is 53.9 Å². The average Bonchev–Trinajstić information content (AvgIpc) is 2.27. The third kappa shape index (κ3) is 4.08. The fourth-order valence-electron chi connectivity index (χ4n) is 1.25. The minimum absolute atomic E-state index is 0.0894. The lowest BCUT2D eigenvalue weighted by atomic mass is 10.2. The maximum atomic E-state index is 5.82. The first kappa shape index (κ1) is 13.5. The first-order chi connectivity index (χ1) is 8.06. The summed E-state index contributed by atoms with van der Waals surface area (Å²) < 4.78 is 0. The van der Waals surface area contributed by atoms with Gasteiger partial charge in [-0.25, -0.2) is 0 Å². The molecule has 1 aromatic rings. The molecule has 0 spiro atoms. The number of nitrogens with one attached hydrogen (secondary N) is 1. The van der Waals surface area contributed by atoms with Crippen molar-refractivity contribution in [2.75, 3.05) is 24.3 Å². The molecule has 0 aliphatic carbocycles. The van der Waals surface area contributed by atoms with Crippen molar-refractivity contribution < 1.29 is 0 Å². The molecule has 1 aromatic heterocycles. The molecule has 0 saturated heterocycles. The van der Waals surface area contributed by atoms with Crippen LogP contribution < -0.4 is 10.2 Å². The number of aromatic nitrogens is 3. The van der Waals surface area contributed by atoms with Crippen molar-refractivity contribution in [3.8, 4) is 12.3 Å². The quantitative estimate of drug-likeness (QED) is 0.811. The molecule has 0 saturated carbocycles. The SMILES string of the molecule is C#CC(CCC)Nc1nc(Cl)nc(N(C)C)n1. The van der Waals surface area contributed by atoms with Crippen LogP contribution in [0.1, 0.15) is 19.8 Å². The summed E-state index contributed by atoms with van der Waals surface area (Å²) in [6.07, 6.45) is 7.26. The Hall–Kier alpha value is -1.54. The van der Waals surface area contributed by atoms with Gasteiger partial charge < -0.3 is 10.2 Å². The normalized spacial score (nSPS) is 11.7. The van der Waals surface area contributed by atoms with Gasteiger partial charge in [0, 0.05) is 14.1 Å². The molecule has 1 atom stereocenters. The van der Waals surface area contributed by atoms with Gasteiger partial charge in [-0.3, -0.25) is 0 Å². The minimum atomic E-state index is -0.0894. The molecular weight excluding hydrogens is 238 g/mol. The molecule has 0 aliphatic rings. The van der Waals surface area contributed by atoms with Crippen molar-refractivity contribution in [1.82, 2.24) is 15.0 Å². The van der Waals surface area contributed by atoms with Crippen LogP contribution in [-0.2, 0) is 0 Å². The van der Waals surface area contributed by atoms with E-state index in [0.717, 1.165) is 12.8 Å². The molecule has 0 amide bonds. The van der Waals surface area contributed by atoms with Crippen molar-refractivity contribution in [1.29, 1.82) is 0 Å². The highest BCUT2D eigenvalue weighted by Crippen LogP contribution is 2.13. The van der Waals surface area contributed by atoms with E-state index >= 15 is 0 Å². The van der Waals surface area contributed by atoms with E-state index in [1.54, 1.807) is 4.90 Å². The summed E-state index contributed by atoms with van der Waals surface area (Å²) in [5.41, 5.74) is 0. The van der Waals surface area contributed by atoms with Crippen LogP contribution in [0.5, 0.6) is 0 Å². The highest BCUT2D eigenvalue weighted by Gasteiger charge is 2.10. The summed E-state index contributed by atoms with van der Waals surface area (Å²) in [5.74, 6) is 3.56. The van der Waals surface area contributed by atoms with Gasteiger partial charge in [-0.15, -0.1) is 6.42 Å². The molecule has 6 heteroatoms. The van der Waals surface area contributed by atoms with E-state index in [4.69, 9.17) is 18.0 Å². The molecule has 0 fully saturated rings. The van der Waals surface area contributed by atoms with Crippen molar-refractivity contribution >= 4 is 23.5 Å². The van der Waals surface area contributed by atoms with Crippen molar-refractivity contribution in [2.45, 2.75) is 25.8 Å². The molecule has 0 aliphatic heterocycles. The molecule has 0 bridgehead atoms. The number of nitrogens with zero attached hydrogens (tertiary/aromatic N) is 4. The van der Waals surface area contributed by atoms with Crippen molar-refractivity contribution in [2.24, 2.45) is 0 Å². The standard InChI is InChI=1S/C11H16ClN5/c1-5-7-8(6-2)13-10-14-9(12)15-11(16-10)17(3)4/h2,8H,5,7H2,1,3-4H3,(H,13,14,15,16). The van der Waals surface area contributed by atoms with E-state index in [1.807, 2.05) is 14.1 Å². The van der Waals surface area contributed by atoms with Crippen LogP contribution >= 0.6 is 11.6 Å². The van der Waals surface area contributed by atoms with Crippen molar-refractivity contribution in [3.63, 3.8) is 0 Å². The van der Waals surface area contributed by atoms with Gasteiger partial charge in [-0.2, -0.15) is 15.0 Å². The number of rotatable bonds is 5.